The second-order valence-electron chi connectivity index (χ2n) is 6.55. The van der Waals surface area contributed by atoms with Gasteiger partial charge in [0.25, 0.3) is 0 Å². The lowest BCUT2D eigenvalue weighted by molar-refractivity contribution is -0.141. The van der Waals surface area contributed by atoms with Crippen molar-refractivity contribution < 1.29 is 24.5 Å². The van der Waals surface area contributed by atoms with Crippen molar-refractivity contribution in [2.24, 2.45) is 11.8 Å². The molecule has 1 aromatic carbocycles. The van der Waals surface area contributed by atoms with Crippen molar-refractivity contribution in [2.75, 3.05) is 6.54 Å². The molecule has 0 radical (unpaired) electrons. The first-order valence-electron chi connectivity index (χ1n) is 8.09. The van der Waals surface area contributed by atoms with Crippen LogP contribution in [0.15, 0.2) is 18.2 Å². The summed E-state index contributed by atoms with van der Waals surface area (Å²) in [5.74, 6) is -0.827. The van der Waals surface area contributed by atoms with Crippen LogP contribution in [0.5, 0.6) is 5.75 Å². The number of carboxylic acids is 2. The third kappa shape index (κ3) is 3.65. The maximum Gasteiger partial charge on any atom is 0.339 e. The monoisotopic (exact) mass is 353 g/mol. The smallest absolute Gasteiger partial charge is 0.339 e. The van der Waals surface area contributed by atoms with Gasteiger partial charge in [-0.1, -0.05) is 11.6 Å². The first-order valence-corrected chi connectivity index (χ1v) is 8.47. The van der Waals surface area contributed by atoms with Crippen molar-refractivity contribution >= 4 is 23.5 Å². The molecule has 7 heteroatoms. The summed E-state index contributed by atoms with van der Waals surface area (Å²) in [6.45, 7) is 0.718. The van der Waals surface area contributed by atoms with Crippen molar-refractivity contribution in [1.29, 1.82) is 0 Å². The number of hydrogen-bond donors (Lipinski definition) is 3. The van der Waals surface area contributed by atoms with Crippen molar-refractivity contribution in [3.8, 4) is 5.75 Å². The van der Waals surface area contributed by atoms with Gasteiger partial charge in [-0.15, -0.1) is 0 Å². The fraction of sp³-hybridized carbons (Fsp3) is 0.529. The minimum atomic E-state index is -1.08. The van der Waals surface area contributed by atoms with E-state index >= 15 is 0 Å². The van der Waals surface area contributed by atoms with E-state index in [1.54, 1.807) is 12.1 Å². The van der Waals surface area contributed by atoms with Gasteiger partial charge in [-0.05, 0) is 62.3 Å². The number of ether oxygens (including phenoxy) is 1. The van der Waals surface area contributed by atoms with Crippen LogP contribution < -0.4 is 10.1 Å². The predicted octanol–water partition coefficient (Wildman–Crippen LogP) is 2.65. The number of benzene rings is 1. The van der Waals surface area contributed by atoms with Gasteiger partial charge in [0.1, 0.15) is 17.4 Å². The Morgan fingerprint density at radius 1 is 1.17 bits per heavy atom. The summed E-state index contributed by atoms with van der Waals surface area (Å²) in [5.41, 5.74) is 0.0540. The molecular weight excluding hydrogens is 334 g/mol. The molecule has 1 aliphatic heterocycles. The molecule has 0 bridgehead atoms. The van der Waals surface area contributed by atoms with E-state index in [1.165, 1.54) is 6.07 Å². The SMILES string of the molecule is O=C(O)c1cc(Cl)ccc1O[C@H]1CC[C@H]2CN[C@H](C(=O)O)C[C@H]2C1. The molecule has 130 valence electrons. The number of aliphatic carboxylic acids is 1. The Hall–Kier alpha value is -1.79. The van der Waals surface area contributed by atoms with Crippen LogP contribution in [0.4, 0.5) is 0 Å². The molecule has 0 spiro atoms. The maximum absolute atomic E-state index is 11.3. The number of halogens is 1. The molecule has 1 aromatic rings. The number of piperidine rings is 1. The minimum absolute atomic E-state index is 0.0540. The van der Waals surface area contributed by atoms with Gasteiger partial charge in [0.2, 0.25) is 0 Å². The van der Waals surface area contributed by atoms with Crippen LogP contribution in [0.2, 0.25) is 5.02 Å². The number of carbonyl (C=O) groups is 2. The third-order valence-corrected chi connectivity index (χ3v) is 5.26. The molecule has 6 nitrogen and oxygen atoms in total. The lowest BCUT2D eigenvalue weighted by Gasteiger charge is -2.41. The first kappa shape index (κ1) is 17.0. The van der Waals surface area contributed by atoms with Crippen molar-refractivity contribution in [3.63, 3.8) is 0 Å². The summed E-state index contributed by atoms with van der Waals surface area (Å²) in [6, 6.07) is 4.07. The standard InChI is InChI=1S/C17H20ClNO5/c18-11-2-4-15(13(7-11)16(20)21)24-12-3-1-9-8-19-14(17(22)23)6-10(9)5-12/h2,4,7,9-10,12,14,19H,1,3,5-6,8H2,(H,20,21)(H,22,23)/t9-,10+,12-,14-/m0/s1. The molecule has 0 unspecified atom stereocenters. The van der Waals surface area contributed by atoms with E-state index in [-0.39, 0.29) is 17.6 Å². The Balaban J connectivity index is 1.69. The number of hydrogen-bond acceptors (Lipinski definition) is 4. The molecule has 4 atom stereocenters. The number of carboxylic acid groups (broad SMARTS) is 2. The van der Waals surface area contributed by atoms with Crippen molar-refractivity contribution in [1.82, 2.24) is 5.32 Å². The van der Waals surface area contributed by atoms with Gasteiger partial charge in [0.15, 0.2) is 0 Å². The second kappa shape index (κ2) is 6.99. The molecule has 1 saturated heterocycles. The molecule has 1 aliphatic carbocycles. The maximum atomic E-state index is 11.3. The second-order valence-corrected chi connectivity index (χ2v) is 6.99. The normalized spacial score (nSPS) is 29.5. The van der Waals surface area contributed by atoms with E-state index in [1.807, 2.05) is 0 Å². The molecule has 3 rings (SSSR count). The molecule has 0 amide bonds. The van der Waals surface area contributed by atoms with Crippen LogP contribution in [0.1, 0.15) is 36.0 Å². The van der Waals surface area contributed by atoms with Gasteiger partial charge < -0.3 is 20.3 Å². The lowest BCUT2D eigenvalue weighted by atomic mass is 9.72. The Morgan fingerprint density at radius 3 is 2.67 bits per heavy atom. The zero-order valence-electron chi connectivity index (χ0n) is 13.1. The zero-order chi connectivity index (χ0) is 17.3. The van der Waals surface area contributed by atoms with Gasteiger partial charge in [-0.2, -0.15) is 0 Å². The number of nitrogens with one attached hydrogen (secondary N) is 1. The molecule has 2 aliphatic rings. The Bertz CT molecular complexity index is 650. The number of rotatable bonds is 4. The fourth-order valence-corrected chi connectivity index (χ4v) is 3.94. The largest absolute Gasteiger partial charge is 0.490 e. The molecule has 0 aromatic heterocycles. The quantitative estimate of drug-likeness (QED) is 0.770. The molecule has 1 saturated carbocycles. The highest BCUT2D eigenvalue weighted by atomic mass is 35.5. The summed E-state index contributed by atoms with van der Waals surface area (Å²) in [7, 11) is 0. The average molecular weight is 354 g/mol. The van der Waals surface area contributed by atoms with Gasteiger partial charge in [-0.3, -0.25) is 4.79 Å². The summed E-state index contributed by atoms with van der Waals surface area (Å²) in [6.07, 6.45) is 3.02. The molecular formula is C17H20ClNO5. The van der Waals surface area contributed by atoms with Crippen LogP contribution in [0.3, 0.4) is 0 Å². The van der Waals surface area contributed by atoms with Crippen LogP contribution >= 0.6 is 11.6 Å². The summed E-state index contributed by atoms with van der Waals surface area (Å²) < 4.78 is 5.94. The van der Waals surface area contributed by atoms with Gasteiger partial charge in [0, 0.05) is 5.02 Å². The van der Waals surface area contributed by atoms with Crippen molar-refractivity contribution in [2.45, 2.75) is 37.8 Å². The van der Waals surface area contributed by atoms with E-state index in [0.29, 0.717) is 23.1 Å². The Kier molecular flexibility index (Phi) is 4.96. The third-order valence-electron chi connectivity index (χ3n) is 5.02. The summed E-state index contributed by atoms with van der Waals surface area (Å²) in [5, 5.41) is 21.9. The minimum Gasteiger partial charge on any atom is -0.490 e. The van der Waals surface area contributed by atoms with Crippen LogP contribution in [-0.4, -0.2) is 40.8 Å². The molecule has 1 heterocycles. The summed E-state index contributed by atoms with van der Waals surface area (Å²) >= 11 is 5.86. The Labute approximate surface area is 144 Å². The van der Waals surface area contributed by atoms with Gasteiger partial charge in [0.05, 0.1) is 6.10 Å². The van der Waals surface area contributed by atoms with E-state index < -0.39 is 18.0 Å². The highest BCUT2D eigenvalue weighted by Crippen LogP contribution is 2.38. The van der Waals surface area contributed by atoms with Crippen LogP contribution in [0, 0.1) is 11.8 Å². The highest BCUT2D eigenvalue weighted by Gasteiger charge is 2.38. The molecule has 24 heavy (non-hydrogen) atoms. The topological polar surface area (TPSA) is 95.9 Å². The van der Waals surface area contributed by atoms with Gasteiger partial charge >= 0.3 is 11.9 Å². The lowest BCUT2D eigenvalue weighted by Crippen LogP contribution is -2.50. The average Bonchev–Trinajstić information content (AvgIpc) is 2.55. The summed E-state index contributed by atoms with van der Waals surface area (Å²) in [4.78, 5) is 22.5. The Morgan fingerprint density at radius 2 is 1.96 bits per heavy atom. The van der Waals surface area contributed by atoms with Gasteiger partial charge in [-0.25, -0.2) is 4.79 Å². The number of fused-ring (bicyclic) bond motifs is 1. The zero-order valence-corrected chi connectivity index (χ0v) is 13.8. The fourth-order valence-electron chi connectivity index (χ4n) is 3.77. The number of aromatic carboxylic acids is 1. The van der Waals surface area contributed by atoms with E-state index in [9.17, 15) is 19.8 Å². The van der Waals surface area contributed by atoms with Crippen LogP contribution in [0.25, 0.3) is 0 Å². The van der Waals surface area contributed by atoms with Crippen LogP contribution in [-0.2, 0) is 4.79 Å². The van der Waals surface area contributed by atoms with E-state index in [4.69, 9.17) is 16.3 Å². The highest BCUT2D eigenvalue weighted by molar-refractivity contribution is 6.31. The van der Waals surface area contributed by atoms with E-state index in [0.717, 1.165) is 25.8 Å². The first-order chi connectivity index (χ1) is 11.4. The predicted molar refractivity (Wildman–Crippen MR) is 87.7 cm³/mol. The van der Waals surface area contributed by atoms with E-state index in [2.05, 4.69) is 5.32 Å². The van der Waals surface area contributed by atoms with Crippen molar-refractivity contribution in [3.05, 3.63) is 28.8 Å². The molecule has 2 fully saturated rings. The molecule has 3 N–H and O–H groups in total.